The molecule has 2 heterocycles. The monoisotopic (exact) mass is 341 g/mol. The van der Waals surface area contributed by atoms with Gasteiger partial charge in [-0.1, -0.05) is 29.2 Å². The average molecular weight is 343 g/mol. The first-order valence-electron chi connectivity index (χ1n) is 6.27. The molecular formula is C13H13BrClN3O. The standard InChI is InChI=1S/C13H13BrClN3O/c14-9-5-3-4-8(11(9)15)13-17-12(18-19-13)10-6-1-2-7-16-10/h3-5,10,16H,1-2,6-7H2. The van der Waals surface area contributed by atoms with Gasteiger partial charge in [0, 0.05) is 4.47 Å². The molecule has 1 unspecified atom stereocenters. The fraction of sp³-hybridized carbons (Fsp3) is 0.385. The molecule has 4 nitrogen and oxygen atoms in total. The van der Waals surface area contributed by atoms with Gasteiger partial charge in [-0.3, -0.25) is 0 Å². The number of rotatable bonds is 2. The van der Waals surface area contributed by atoms with Crippen LogP contribution in [0.3, 0.4) is 0 Å². The molecule has 1 fully saturated rings. The molecule has 1 saturated heterocycles. The highest BCUT2D eigenvalue weighted by Crippen LogP contribution is 2.33. The molecule has 3 rings (SSSR count). The molecule has 1 aromatic carbocycles. The van der Waals surface area contributed by atoms with Crippen LogP contribution in [0.5, 0.6) is 0 Å². The molecule has 0 spiro atoms. The zero-order chi connectivity index (χ0) is 13.2. The summed E-state index contributed by atoms with van der Waals surface area (Å²) >= 11 is 9.63. The predicted molar refractivity (Wildman–Crippen MR) is 77.0 cm³/mol. The maximum atomic E-state index is 6.23. The van der Waals surface area contributed by atoms with E-state index in [2.05, 4.69) is 31.4 Å². The van der Waals surface area contributed by atoms with Crippen LogP contribution in [0.4, 0.5) is 0 Å². The lowest BCUT2D eigenvalue weighted by Gasteiger charge is -2.19. The quantitative estimate of drug-likeness (QED) is 0.897. The molecule has 6 heteroatoms. The smallest absolute Gasteiger partial charge is 0.259 e. The minimum Gasteiger partial charge on any atom is -0.334 e. The molecule has 100 valence electrons. The van der Waals surface area contributed by atoms with E-state index in [9.17, 15) is 0 Å². The SMILES string of the molecule is Clc1c(Br)cccc1-c1nc(C2CCCCN2)no1. The number of hydrogen-bond donors (Lipinski definition) is 1. The molecular weight excluding hydrogens is 330 g/mol. The fourth-order valence-electron chi connectivity index (χ4n) is 2.23. The normalized spacial score (nSPS) is 19.6. The zero-order valence-corrected chi connectivity index (χ0v) is 12.5. The van der Waals surface area contributed by atoms with Crippen molar-refractivity contribution in [3.05, 3.63) is 33.5 Å². The Morgan fingerprint density at radius 2 is 2.26 bits per heavy atom. The third-order valence-corrected chi connectivity index (χ3v) is 4.54. The van der Waals surface area contributed by atoms with E-state index in [1.807, 2.05) is 18.2 Å². The lowest BCUT2D eigenvalue weighted by molar-refractivity contribution is 0.367. The number of aromatic nitrogens is 2. The lowest BCUT2D eigenvalue weighted by atomic mass is 10.0. The third-order valence-electron chi connectivity index (χ3n) is 3.25. The number of halogens is 2. The number of piperidine rings is 1. The van der Waals surface area contributed by atoms with Gasteiger partial charge in [0.2, 0.25) is 0 Å². The Bertz CT molecular complexity index is 581. The predicted octanol–water partition coefficient (Wildman–Crippen LogP) is 3.97. The van der Waals surface area contributed by atoms with Crippen LogP contribution in [0.25, 0.3) is 11.5 Å². The first-order valence-corrected chi connectivity index (χ1v) is 7.44. The molecule has 0 radical (unpaired) electrons. The molecule has 0 amide bonds. The second-order valence-corrected chi connectivity index (χ2v) is 5.79. The van der Waals surface area contributed by atoms with Gasteiger partial charge < -0.3 is 9.84 Å². The Morgan fingerprint density at radius 1 is 1.37 bits per heavy atom. The van der Waals surface area contributed by atoms with E-state index in [4.69, 9.17) is 16.1 Å². The van der Waals surface area contributed by atoms with Crippen LogP contribution >= 0.6 is 27.5 Å². The summed E-state index contributed by atoms with van der Waals surface area (Å²) in [6.45, 7) is 1.01. The van der Waals surface area contributed by atoms with Crippen molar-refractivity contribution in [2.45, 2.75) is 25.3 Å². The van der Waals surface area contributed by atoms with Gasteiger partial charge >= 0.3 is 0 Å². The van der Waals surface area contributed by atoms with E-state index in [1.165, 1.54) is 12.8 Å². The van der Waals surface area contributed by atoms with E-state index in [0.29, 0.717) is 16.7 Å². The van der Waals surface area contributed by atoms with Gasteiger partial charge in [-0.25, -0.2) is 0 Å². The van der Waals surface area contributed by atoms with Crippen molar-refractivity contribution in [3.63, 3.8) is 0 Å². The molecule has 0 bridgehead atoms. The van der Waals surface area contributed by atoms with Crippen molar-refractivity contribution in [2.75, 3.05) is 6.54 Å². The molecule has 0 saturated carbocycles. The van der Waals surface area contributed by atoms with E-state index in [1.54, 1.807) is 0 Å². The van der Waals surface area contributed by atoms with Crippen molar-refractivity contribution in [1.29, 1.82) is 0 Å². The molecule has 1 aromatic heterocycles. The Morgan fingerprint density at radius 3 is 3.05 bits per heavy atom. The second-order valence-electron chi connectivity index (χ2n) is 4.56. The number of nitrogens with zero attached hydrogens (tertiary/aromatic N) is 2. The molecule has 1 aliphatic heterocycles. The maximum Gasteiger partial charge on any atom is 0.259 e. The molecule has 19 heavy (non-hydrogen) atoms. The Labute approximate surface area is 124 Å². The van der Waals surface area contributed by atoms with Gasteiger partial charge in [-0.2, -0.15) is 4.98 Å². The largest absolute Gasteiger partial charge is 0.334 e. The van der Waals surface area contributed by atoms with Crippen molar-refractivity contribution in [1.82, 2.24) is 15.5 Å². The number of benzene rings is 1. The van der Waals surface area contributed by atoms with Gasteiger partial charge in [-0.05, 0) is 47.4 Å². The molecule has 1 atom stereocenters. The van der Waals surface area contributed by atoms with Crippen LogP contribution in [0.1, 0.15) is 31.1 Å². The van der Waals surface area contributed by atoms with Gasteiger partial charge in [0.05, 0.1) is 16.6 Å². The minimum atomic E-state index is 0.192. The van der Waals surface area contributed by atoms with Crippen molar-refractivity contribution in [3.8, 4) is 11.5 Å². The van der Waals surface area contributed by atoms with E-state index in [0.717, 1.165) is 23.0 Å². The average Bonchev–Trinajstić information content (AvgIpc) is 2.92. The summed E-state index contributed by atoms with van der Waals surface area (Å²) in [4.78, 5) is 4.46. The van der Waals surface area contributed by atoms with Crippen LogP contribution in [0.2, 0.25) is 5.02 Å². The highest BCUT2D eigenvalue weighted by molar-refractivity contribution is 9.10. The summed E-state index contributed by atoms with van der Waals surface area (Å²) in [5.74, 6) is 1.18. The van der Waals surface area contributed by atoms with Crippen molar-refractivity contribution in [2.24, 2.45) is 0 Å². The summed E-state index contributed by atoms with van der Waals surface area (Å²) in [6.07, 6.45) is 3.45. The highest BCUT2D eigenvalue weighted by Gasteiger charge is 2.21. The summed E-state index contributed by atoms with van der Waals surface area (Å²) in [5, 5.41) is 8.06. The highest BCUT2D eigenvalue weighted by atomic mass is 79.9. The summed E-state index contributed by atoms with van der Waals surface area (Å²) in [6, 6.07) is 5.84. The van der Waals surface area contributed by atoms with Crippen molar-refractivity contribution >= 4 is 27.5 Å². The van der Waals surface area contributed by atoms with Gasteiger partial charge in [0.15, 0.2) is 5.82 Å². The summed E-state index contributed by atoms with van der Waals surface area (Å²) in [5.41, 5.74) is 0.755. The number of nitrogens with one attached hydrogen (secondary N) is 1. The molecule has 1 N–H and O–H groups in total. The van der Waals surface area contributed by atoms with Crippen LogP contribution in [0.15, 0.2) is 27.2 Å². The summed E-state index contributed by atoms with van der Waals surface area (Å²) in [7, 11) is 0. The first kappa shape index (κ1) is 13.1. The first-order chi connectivity index (χ1) is 9.25. The van der Waals surface area contributed by atoms with Gasteiger partial charge in [0.25, 0.3) is 5.89 Å². The van der Waals surface area contributed by atoms with Crippen LogP contribution in [0, 0.1) is 0 Å². The van der Waals surface area contributed by atoms with Crippen LogP contribution < -0.4 is 5.32 Å². The Balaban J connectivity index is 1.90. The van der Waals surface area contributed by atoms with E-state index >= 15 is 0 Å². The zero-order valence-electron chi connectivity index (χ0n) is 10.2. The number of hydrogen-bond acceptors (Lipinski definition) is 4. The molecule has 0 aliphatic carbocycles. The minimum absolute atomic E-state index is 0.192. The third kappa shape index (κ3) is 2.68. The van der Waals surface area contributed by atoms with Crippen LogP contribution in [-0.4, -0.2) is 16.7 Å². The van der Waals surface area contributed by atoms with Crippen LogP contribution in [-0.2, 0) is 0 Å². The van der Waals surface area contributed by atoms with Gasteiger partial charge in [-0.15, -0.1) is 0 Å². The maximum absolute atomic E-state index is 6.23. The van der Waals surface area contributed by atoms with E-state index in [-0.39, 0.29) is 6.04 Å². The van der Waals surface area contributed by atoms with Crippen molar-refractivity contribution < 1.29 is 4.52 Å². The fourth-order valence-corrected chi connectivity index (χ4v) is 2.80. The Hall–Kier alpha value is -0.910. The lowest BCUT2D eigenvalue weighted by Crippen LogP contribution is -2.27. The van der Waals surface area contributed by atoms with E-state index < -0.39 is 0 Å². The Kier molecular flexibility index (Phi) is 3.86. The van der Waals surface area contributed by atoms with Gasteiger partial charge in [0.1, 0.15) is 0 Å². The second kappa shape index (κ2) is 5.61. The molecule has 2 aromatic rings. The molecule has 1 aliphatic rings. The topological polar surface area (TPSA) is 51.0 Å². The summed E-state index contributed by atoms with van der Waals surface area (Å²) < 4.78 is 6.15.